The van der Waals surface area contributed by atoms with Crippen molar-refractivity contribution in [2.45, 2.75) is 25.8 Å². The largest absolute Gasteiger partial charge is 0.309 e. The van der Waals surface area contributed by atoms with Crippen molar-refractivity contribution in [3.05, 3.63) is 23.9 Å². The van der Waals surface area contributed by atoms with Crippen molar-refractivity contribution in [2.75, 3.05) is 11.9 Å². The SMILES string of the molecule is Cc1cccnc1NC(=O)[C@H]1CCCN1. The number of carbonyl (C=O) groups is 1. The van der Waals surface area contributed by atoms with Crippen LogP contribution in [0, 0.1) is 6.92 Å². The monoisotopic (exact) mass is 205 g/mol. The number of rotatable bonds is 2. The molecule has 0 radical (unpaired) electrons. The normalized spacial score (nSPS) is 20.2. The fourth-order valence-corrected chi connectivity index (χ4v) is 1.73. The third-order valence-electron chi connectivity index (χ3n) is 2.63. The van der Waals surface area contributed by atoms with Gasteiger partial charge in [-0.05, 0) is 37.9 Å². The number of carbonyl (C=O) groups excluding carboxylic acids is 1. The van der Waals surface area contributed by atoms with Crippen LogP contribution in [-0.2, 0) is 4.79 Å². The molecule has 1 aromatic rings. The number of hydrogen-bond donors (Lipinski definition) is 2. The molecule has 4 nitrogen and oxygen atoms in total. The van der Waals surface area contributed by atoms with Crippen LogP contribution in [0.5, 0.6) is 0 Å². The Morgan fingerprint density at radius 2 is 2.53 bits per heavy atom. The third-order valence-corrected chi connectivity index (χ3v) is 2.63. The van der Waals surface area contributed by atoms with Gasteiger partial charge in [0.15, 0.2) is 0 Å². The Labute approximate surface area is 89.1 Å². The van der Waals surface area contributed by atoms with Gasteiger partial charge in [-0.3, -0.25) is 4.79 Å². The maximum atomic E-state index is 11.8. The second-order valence-corrected chi connectivity index (χ2v) is 3.81. The summed E-state index contributed by atoms with van der Waals surface area (Å²) >= 11 is 0. The summed E-state index contributed by atoms with van der Waals surface area (Å²) in [5, 5.41) is 6.00. The second-order valence-electron chi connectivity index (χ2n) is 3.81. The predicted molar refractivity (Wildman–Crippen MR) is 58.6 cm³/mol. The van der Waals surface area contributed by atoms with E-state index in [0.29, 0.717) is 5.82 Å². The van der Waals surface area contributed by atoms with Crippen LogP contribution in [0.2, 0.25) is 0 Å². The standard InChI is InChI=1S/C11H15N3O/c1-8-4-2-7-13-10(8)14-11(15)9-5-3-6-12-9/h2,4,7,9,12H,3,5-6H2,1H3,(H,13,14,15)/t9-/m1/s1. The Balaban J connectivity index is 2.02. The zero-order valence-electron chi connectivity index (χ0n) is 8.79. The molecule has 1 aromatic heterocycles. The highest BCUT2D eigenvalue weighted by atomic mass is 16.2. The molecule has 1 atom stereocenters. The average molecular weight is 205 g/mol. The Morgan fingerprint density at radius 1 is 1.67 bits per heavy atom. The van der Waals surface area contributed by atoms with Gasteiger partial charge in [0.2, 0.25) is 5.91 Å². The fourth-order valence-electron chi connectivity index (χ4n) is 1.73. The Kier molecular flexibility index (Phi) is 2.97. The van der Waals surface area contributed by atoms with Gasteiger partial charge in [-0.2, -0.15) is 0 Å². The first-order valence-corrected chi connectivity index (χ1v) is 5.23. The lowest BCUT2D eigenvalue weighted by Gasteiger charge is -2.11. The molecule has 1 fully saturated rings. The van der Waals surface area contributed by atoms with E-state index in [2.05, 4.69) is 15.6 Å². The molecule has 1 saturated heterocycles. The summed E-state index contributed by atoms with van der Waals surface area (Å²) in [5.74, 6) is 0.686. The predicted octanol–water partition coefficient (Wildman–Crippen LogP) is 1.08. The highest BCUT2D eigenvalue weighted by molar-refractivity contribution is 5.94. The van der Waals surface area contributed by atoms with E-state index in [9.17, 15) is 4.79 Å². The minimum atomic E-state index is -0.0496. The summed E-state index contributed by atoms with van der Waals surface area (Å²) in [6.45, 7) is 2.87. The van der Waals surface area contributed by atoms with Crippen molar-refractivity contribution in [1.29, 1.82) is 0 Å². The van der Waals surface area contributed by atoms with Crippen LogP contribution < -0.4 is 10.6 Å². The molecule has 1 aliphatic heterocycles. The molecule has 2 heterocycles. The highest BCUT2D eigenvalue weighted by Gasteiger charge is 2.22. The summed E-state index contributed by atoms with van der Waals surface area (Å²) in [4.78, 5) is 15.9. The molecule has 4 heteroatoms. The molecular formula is C11H15N3O. The van der Waals surface area contributed by atoms with Crippen molar-refractivity contribution in [3.8, 4) is 0 Å². The number of aromatic nitrogens is 1. The van der Waals surface area contributed by atoms with Crippen LogP contribution >= 0.6 is 0 Å². The zero-order valence-corrected chi connectivity index (χ0v) is 8.79. The number of hydrogen-bond acceptors (Lipinski definition) is 3. The number of nitrogens with zero attached hydrogens (tertiary/aromatic N) is 1. The van der Waals surface area contributed by atoms with Crippen LogP contribution in [0.3, 0.4) is 0 Å². The number of nitrogens with one attached hydrogen (secondary N) is 2. The van der Waals surface area contributed by atoms with E-state index in [1.807, 2.05) is 19.1 Å². The van der Waals surface area contributed by atoms with Crippen molar-refractivity contribution in [3.63, 3.8) is 0 Å². The van der Waals surface area contributed by atoms with Gasteiger partial charge in [0, 0.05) is 6.20 Å². The first kappa shape index (κ1) is 10.1. The van der Waals surface area contributed by atoms with E-state index in [1.165, 1.54) is 0 Å². The van der Waals surface area contributed by atoms with Crippen molar-refractivity contribution >= 4 is 11.7 Å². The molecule has 0 unspecified atom stereocenters. The van der Waals surface area contributed by atoms with Crippen LogP contribution in [0.4, 0.5) is 5.82 Å². The van der Waals surface area contributed by atoms with Gasteiger partial charge in [-0.25, -0.2) is 4.98 Å². The highest BCUT2D eigenvalue weighted by Crippen LogP contribution is 2.12. The van der Waals surface area contributed by atoms with Gasteiger partial charge >= 0.3 is 0 Å². The Hall–Kier alpha value is -1.42. The lowest BCUT2D eigenvalue weighted by Crippen LogP contribution is -2.35. The summed E-state index contributed by atoms with van der Waals surface area (Å²) in [7, 11) is 0. The average Bonchev–Trinajstić information content (AvgIpc) is 2.74. The molecule has 1 amide bonds. The number of aryl methyl sites for hydroxylation is 1. The van der Waals surface area contributed by atoms with Gasteiger partial charge in [-0.15, -0.1) is 0 Å². The maximum absolute atomic E-state index is 11.8. The quantitative estimate of drug-likeness (QED) is 0.759. The van der Waals surface area contributed by atoms with Crippen molar-refractivity contribution in [2.24, 2.45) is 0 Å². The smallest absolute Gasteiger partial charge is 0.242 e. The van der Waals surface area contributed by atoms with Crippen molar-refractivity contribution in [1.82, 2.24) is 10.3 Å². The van der Waals surface area contributed by atoms with E-state index in [1.54, 1.807) is 6.20 Å². The summed E-state index contributed by atoms with van der Waals surface area (Å²) in [6, 6.07) is 3.75. The summed E-state index contributed by atoms with van der Waals surface area (Å²) in [6.07, 6.45) is 3.67. The van der Waals surface area contributed by atoms with Gasteiger partial charge < -0.3 is 10.6 Å². The first-order valence-electron chi connectivity index (χ1n) is 5.23. The van der Waals surface area contributed by atoms with Gasteiger partial charge in [0.05, 0.1) is 6.04 Å². The van der Waals surface area contributed by atoms with E-state index < -0.39 is 0 Å². The maximum Gasteiger partial charge on any atom is 0.242 e. The van der Waals surface area contributed by atoms with E-state index in [-0.39, 0.29) is 11.9 Å². The lowest BCUT2D eigenvalue weighted by atomic mass is 10.2. The molecule has 2 N–H and O–H groups in total. The number of pyridine rings is 1. The summed E-state index contributed by atoms with van der Waals surface area (Å²) < 4.78 is 0. The zero-order chi connectivity index (χ0) is 10.7. The molecular weight excluding hydrogens is 190 g/mol. The molecule has 2 rings (SSSR count). The number of amides is 1. The first-order chi connectivity index (χ1) is 7.27. The molecule has 80 valence electrons. The minimum absolute atomic E-state index is 0.0225. The number of anilines is 1. The van der Waals surface area contributed by atoms with Crippen LogP contribution in [0.15, 0.2) is 18.3 Å². The molecule has 0 bridgehead atoms. The van der Waals surface area contributed by atoms with Crippen LogP contribution in [0.25, 0.3) is 0 Å². The second kappa shape index (κ2) is 4.40. The molecule has 0 aliphatic carbocycles. The van der Waals surface area contributed by atoms with Gasteiger partial charge in [0.25, 0.3) is 0 Å². The van der Waals surface area contributed by atoms with Crippen LogP contribution in [0.1, 0.15) is 18.4 Å². The van der Waals surface area contributed by atoms with Gasteiger partial charge in [-0.1, -0.05) is 6.07 Å². The lowest BCUT2D eigenvalue weighted by molar-refractivity contribution is -0.117. The fraction of sp³-hybridized carbons (Fsp3) is 0.455. The molecule has 0 saturated carbocycles. The molecule has 1 aliphatic rings. The minimum Gasteiger partial charge on any atom is -0.309 e. The van der Waals surface area contributed by atoms with E-state index in [0.717, 1.165) is 24.9 Å². The molecule has 15 heavy (non-hydrogen) atoms. The van der Waals surface area contributed by atoms with Crippen molar-refractivity contribution < 1.29 is 4.79 Å². The Bertz CT molecular complexity index is 359. The summed E-state index contributed by atoms with van der Waals surface area (Å²) in [5.41, 5.74) is 0.990. The van der Waals surface area contributed by atoms with E-state index >= 15 is 0 Å². The molecule has 0 aromatic carbocycles. The van der Waals surface area contributed by atoms with Crippen LogP contribution in [-0.4, -0.2) is 23.5 Å². The topological polar surface area (TPSA) is 54.0 Å². The third kappa shape index (κ3) is 2.33. The van der Waals surface area contributed by atoms with E-state index in [4.69, 9.17) is 0 Å². The molecule has 0 spiro atoms. The van der Waals surface area contributed by atoms with Gasteiger partial charge in [0.1, 0.15) is 5.82 Å². The Morgan fingerprint density at radius 3 is 3.20 bits per heavy atom.